The van der Waals surface area contributed by atoms with Gasteiger partial charge in [-0.15, -0.1) is 5.06 Å². The third kappa shape index (κ3) is 3.53. The van der Waals surface area contributed by atoms with Gasteiger partial charge in [0.2, 0.25) is 0 Å². The van der Waals surface area contributed by atoms with Crippen LogP contribution in [0.5, 0.6) is 5.75 Å². The van der Waals surface area contributed by atoms with E-state index in [0.717, 1.165) is 23.4 Å². The molecule has 130 valence electrons. The van der Waals surface area contributed by atoms with Crippen molar-refractivity contribution in [2.45, 2.75) is 25.3 Å². The third-order valence-electron chi connectivity index (χ3n) is 4.51. The Balaban J connectivity index is 1.64. The number of anilines is 1. The van der Waals surface area contributed by atoms with Gasteiger partial charge in [-0.3, -0.25) is 0 Å². The van der Waals surface area contributed by atoms with Crippen LogP contribution in [0.4, 0.5) is 15.3 Å². The van der Waals surface area contributed by atoms with Crippen molar-refractivity contribution in [3.05, 3.63) is 23.8 Å². The predicted octanol–water partition coefficient (Wildman–Crippen LogP) is 2.16. The van der Waals surface area contributed by atoms with E-state index in [1.807, 2.05) is 23.1 Å². The number of hydrogen-bond donors (Lipinski definition) is 2. The molecule has 0 saturated carbocycles. The fraction of sp³-hybridized carbons (Fsp3) is 0.500. The highest BCUT2D eigenvalue weighted by atomic mass is 16.8. The number of hydroxylamine groups is 2. The number of fused-ring (bicyclic) bond motifs is 1. The van der Waals surface area contributed by atoms with Gasteiger partial charge in [0.1, 0.15) is 5.75 Å². The molecule has 1 aromatic carbocycles. The zero-order chi connectivity index (χ0) is 17.1. The van der Waals surface area contributed by atoms with Crippen LogP contribution in [0, 0.1) is 0 Å². The average Bonchev–Trinajstić information content (AvgIpc) is 2.73. The molecular weight excluding hydrogens is 314 g/mol. The SMILES string of the molecule is COc1ccc2c(c1)CCN(C1CCN(OC(=O)O)CC1)C(=O)N2. The number of ether oxygens (including phenoxy) is 1. The Morgan fingerprint density at radius 2 is 2.04 bits per heavy atom. The Kier molecular flexibility index (Phi) is 4.75. The molecule has 0 aromatic heterocycles. The minimum Gasteiger partial charge on any atom is -0.497 e. The standard InChI is InChI=1S/C16H21N3O5/c1-23-13-2-3-14-11(10-13)4-9-19(15(20)17-14)12-5-7-18(8-6-12)24-16(21)22/h2-3,10,12H,4-9H2,1H3,(H,17,20)(H,21,22). The molecule has 8 nitrogen and oxygen atoms in total. The molecule has 2 amide bonds. The van der Waals surface area contributed by atoms with Gasteiger partial charge in [-0.1, -0.05) is 0 Å². The Labute approximate surface area is 139 Å². The number of methoxy groups -OCH3 is 1. The second kappa shape index (κ2) is 6.96. The van der Waals surface area contributed by atoms with Crippen molar-refractivity contribution in [1.82, 2.24) is 9.96 Å². The fourth-order valence-electron chi connectivity index (χ4n) is 3.26. The maximum absolute atomic E-state index is 12.5. The molecule has 24 heavy (non-hydrogen) atoms. The fourth-order valence-corrected chi connectivity index (χ4v) is 3.26. The molecule has 1 fully saturated rings. The highest BCUT2D eigenvalue weighted by molar-refractivity contribution is 5.91. The minimum absolute atomic E-state index is 0.0786. The van der Waals surface area contributed by atoms with Gasteiger partial charge in [-0.05, 0) is 43.0 Å². The van der Waals surface area contributed by atoms with Gasteiger partial charge < -0.3 is 24.9 Å². The van der Waals surface area contributed by atoms with Gasteiger partial charge in [0.05, 0.1) is 7.11 Å². The molecule has 3 rings (SSSR count). The van der Waals surface area contributed by atoms with Gasteiger partial charge in [0, 0.05) is 31.4 Å². The first-order valence-corrected chi connectivity index (χ1v) is 7.97. The zero-order valence-electron chi connectivity index (χ0n) is 13.5. The number of hydrogen-bond acceptors (Lipinski definition) is 5. The number of carbonyl (C=O) groups is 2. The third-order valence-corrected chi connectivity index (χ3v) is 4.51. The molecule has 0 unspecified atom stereocenters. The van der Waals surface area contributed by atoms with E-state index in [1.54, 1.807) is 7.11 Å². The highest BCUT2D eigenvalue weighted by Gasteiger charge is 2.31. The average molecular weight is 335 g/mol. The monoisotopic (exact) mass is 335 g/mol. The van der Waals surface area contributed by atoms with Crippen molar-refractivity contribution in [3.8, 4) is 5.75 Å². The lowest BCUT2D eigenvalue weighted by atomic mass is 10.0. The molecule has 1 saturated heterocycles. The lowest BCUT2D eigenvalue weighted by Gasteiger charge is -2.36. The molecule has 8 heteroatoms. The van der Waals surface area contributed by atoms with Crippen molar-refractivity contribution >= 4 is 17.9 Å². The van der Waals surface area contributed by atoms with Gasteiger partial charge >= 0.3 is 12.2 Å². The number of carboxylic acid groups (broad SMARTS) is 1. The molecule has 2 N–H and O–H groups in total. The Hall–Kier alpha value is -2.48. The number of urea groups is 1. The molecule has 0 aliphatic carbocycles. The minimum atomic E-state index is -1.30. The number of amides is 2. The molecule has 2 heterocycles. The van der Waals surface area contributed by atoms with E-state index >= 15 is 0 Å². The second-order valence-corrected chi connectivity index (χ2v) is 5.91. The lowest BCUT2D eigenvalue weighted by molar-refractivity contribution is -0.136. The van der Waals surface area contributed by atoms with E-state index in [1.165, 1.54) is 5.06 Å². The van der Waals surface area contributed by atoms with Gasteiger partial charge in [-0.2, -0.15) is 0 Å². The molecular formula is C16H21N3O5. The van der Waals surface area contributed by atoms with E-state index in [9.17, 15) is 9.59 Å². The Bertz CT molecular complexity index is 628. The Morgan fingerprint density at radius 3 is 2.71 bits per heavy atom. The van der Waals surface area contributed by atoms with Gasteiger partial charge in [0.15, 0.2) is 0 Å². The molecule has 1 aromatic rings. The van der Waals surface area contributed by atoms with Crippen molar-refractivity contribution in [3.63, 3.8) is 0 Å². The second-order valence-electron chi connectivity index (χ2n) is 5.91. The van der Waals surface area contributed by atoms with Crippen molar-refractivity contribution in [2.75, 3.05) is 32.1 Å². The number of piperidine rings is 1. The normalized spacial score (nSPS) is 19.2. The van der Waals surface area contributed by atoms with Crippen LogP contribution in [-0.4, -0.2) is 60.0 Å². The van der Waals surface area contributed by atoms with Crippen LogP contribution in [-0.2, 0) is 11.3 Å². The first kappa shape index (κ1) is 16.4. The summed E-state index contributed by atoms with van der Waals surface area (Å²) in [6.07, 6.45) is 0.808. The maximum Gasteiger partial charge on any atom is 0.525 e. The van der Waals surface area contributed by atoms with Crippen LogP contribution in [0.1, 0.15) is 18.4 Å². The van der Waals surface area contributed by atoms with Crippen molar-refractivity contribution < 1.29 is 24.3 Å². The summed E-state index contributed by atoms with van der Waals surface area (Å²) in [6.45, 7) is 1.60. The summed E-state index contributed by atoms with van der Waals surface area (Å²) in [7, 11) is 1.62. The van der Waals surface area contributed by atoms with Gasteiger partial charge in [-0.25, -0.2) is 9.59 Å². The van der Waals surface area contributed by atoms with E-state index in [-0.39, 0.29) is 12.1 Å². The smallest absolute Gasteiger partial charge is 0.497 e. The summed E-state index contributed by atoms with van der Waals surface area (Å²) >= 11 is 0. The van der Waals surface area contributed by atoms with Crippen LogP contribution in [0.2, 0.25) is 0 Å². The first-order chi connectivity index (χ1) is 11.6. The summed E-state index contributed by atoms with van der Waals surface area (Å²) in [5.74, 6) is 0.774. The quantitative estimate of drug-likeness (QED) is 0.879. The van der Waals surface area contributed by atoms with Crippen molar-refractivity contribution in [1.29, 1.82) is 0 Å². The van der Waals surface area contributed by atoms with E-state index in [0.29, 0.717) is 32.5 Å². The summed E-state index contributed by atoms with van der Waals surface area (Å²) in [5.41, 5.74) is 1.87. The highest BCUT2D eigenvalue weighted by Crippen LogP contribution is 2.27. The summed E-state index contributed by atoms with van der Waals surface area (Å²) in [6, 6.07) is 5.60. The number of carbonyl (C=O) groups excluding carboxylic acids is 1. The number of benzene rings is 1. The molecule has 0 radical (unpaired) electrons. The molecule has 2 aliphatic rings. The van der Waals surface area contributed by atoms with Crippen molar-refractivity contribution in [2.24, 2.45) is 0 Å². The van der Waals surface area contributed by atoms with Crippen LogP contribution in [0.15, 0.2) is 18.2 Å². The van der Waals surface area contributed by atoms with E-state index in [4.69, 9.17) is 9.84 Å². The van der Waals surface area contributed by atoms with Gasteiger partial charge in [0.25, 0.3) is 0 Å². The van der Waals surface area contributed by atoms with E-state index in [2.05, 4.69) is 10.2 Å². The zero-order valence-corrected chi connectivity index (χ0v) is 13.5. The summed E-state index contributed by atoms with van der Waals surface area (Å²) < 4.78 is 5.24. The largest absolute Gasteiger partial charge is 0.525 e. The molecule has 0 spiro atoms. The first-order valence-electron chi connectivity index (χ1n) is 7.97. The van der Waals surface area contributed by atoms with Crippen LogP contribution in [0.25, 0.3) is 0 Å². The number of nitrogens with zero attached hydrogens (tertiary/aromatic N) is 2. The summed E-state index contributed by atoms with van der Waals surface area (Å²) in [5, 5.41) is 13.0. The number of rotatable bonds is 3. The van der Waals surface area contributed by atoms with E-state index < -0.39 is 6.16 Å². The van der Waals surface area contributed by atoms with Crippen LogP contribution >= 0.6 is 0 Å². The lowest BCUT2D eigenvalue weighted by Crippen LogP contribution is -2.49. The maximum atomic E-state index is 12.5. The summed E-state index contributed by atoms with van der Waals surface area (Å²) in [4.78, 5) is 29.6. The number of nitrogens with one attached hydrogen (secondary N) is 1. The van der Waals surface area contributed by atoms with Crippen LogP contribution < -0.4 is 10.1 Å². The molecule has 0 atom stereocenters. The topological polar surface area (TPSA) is 91.3 Å². The molecule has 2 aliphatic heterocycles. The van der Waals surface area contributed by atoms with Crippen LogP contribution in [0.3, 0.4) is 0 Å². The Morgan fingerprint density at radius 1 is 1.29 bits per heavy atom. The predicted molar refractivity (Wildman–Crippen MR) is 86.1 cm³/mol. The molecule has 0 bridgehead atoms.